The lowest BCUT2D eigenvalue weighted by molar-refractivity contribution is 0.660. The van der Waals surface area contributed by atoms with Crippen molar-refractivity contribution in [3.05, 3.63) is 266 Å². The number of benzene rings is 11. The summed E-state index contributed by atoms with van der Waals surface area (Å²) in [6.45, 7) is 4.72. The van der Waals surface area contributed by atoms with Crippen LogP contribution in [0.2, 0.25) is 0 Å². The minimum atomic E-state index is -0.119. The number of fused-ring (bicyclic) bond motifs is 7. The van der Waals surface area contributed by atoms with E-state index in [4.69, 9.17) is 0 Å². The van der Waals surface area contributed by atoms with E-state index in [2.05, 4.69) is 278 Å². The molecule has 13 rings (SSSR count). The molecule has 1 aliphatic carbocycles. The quantitative estimate of drug-likeness (QED) is 0.148. The fourth-order valence-corrected chi connectivity index (χ4v) is 11.2. The second-order valence-corrected chi connectivity index (χ2v) is 18.9. The van der Waals surface area contributed by atoms with Crippen LogP contribution in [0.15, 0.2) is 255 Å². The number of nitrogens with zero attached hydrogens (tertiary/aromatic N) is 2. The van der Waals surface area contributed by atoms with Gasteiger partial charge in [0.25, 0.3) is 0 Å². The maximum atomic E-state index is 2.52. The molecule has 326 valence electrons. The summed E-state index contributed by atoms with van der Waals surface area (Å²) in [5.41, 5.74) is 20.5. The topological polar surface area (TPSA) is 8.17 Å². The molecule has 69 heavy (non-hydrogen) atoms. The molecule has 0 amide bonds. The highest BCUT2D eigenvalue weighted by molar-refractivity contribution is 6.18. The summed E-state index contributed by atoms with van der Waals surface area (Å²) >= 11 is 0. The standard InChI is InChI=1S/C67H48N2/c1-67(2)62-28-15-14-25-58(62)59-40-39-55(44-63(59)67)68(52-34-29-47(30-35-52)45-17-6-3-7-18-45)53-36-32-48(33-37-53)56-26-16-27-60-57(56)41-42-61-64(49-20-8-4-9-21-49)65(50-22-10-5-11-23-50)69(66(60)61)54-38-31-46-19-12-13-24-51(46)43-54/h3-44H,1-2H3. The van der Waals surface area contributed by atoms with Crippen LogP contribution in [0.1, 0.15) is 25.0 Å². The van der Waals surface area contributed by atoms with Crippen LogP contribution in [0, 0.1) is 0 Å². The van der Waals surface area contributed by atoms with Gasteiger partial charge in [-0.15, -0.1) is 0 Å². The highest BCUT2D eigenvalue weighted by atomic mass is 15.1. The highest BCUT2D eigenvalue weighted by Gasteiger charge is 2.36. The monoisotopic (exact) mass is 880 g/mol. The van der Waals surface area contributed by atoms with E-state index in [-0.39, 0.29) is 5.41 Å². The van der Waals surface area contributed by atoms with E-state index in [1.165, 1.54) is 99.3 Å². The van der Waals surface area contributed by atoms with Gasteiger partial charge in [0, 0.05) is 44.5 Å². The first-order valence-electron chi connectivity index (χ1n) is 24.0. The van der Waals surface area contributed by atoms with Crippen molar-refractivity contribution in [2.24, 2.45) is 0 Å². The molecule has 0 radical (unpaired) electrons. The average Bonchev–Trinajstić information content (AvgIpc) is 3.88. The lowest BCUT2D eigenvalue weighted by Gasteiger charge is -2.28. The Bertz CT molecular complexity index is 3880. The zero-order valence-electron chi connectivity index (χ0n) is 38.6. The Morgan fingerprint density at radius 1 is 0.333 bits per heavy atom. The molecule has 0 N–H and O–H groups in total. The normalized spacial score (nSPS) is 12.6. The van der Waals surface area contributed by atoms with Gasteiger partial charge in [0.1, 0.15) is 0 Å². The predicted molar refractivity (Wildman–Crippen MR) is 292 cm³/mol. The molecule has 11 aromatic carbocycles. The fraction of sp³-hybridized carbons (Fsp3) is 0.0448. The average molecular weight is 881 g/mol. The molecule has 1 aromatic heterocycles. The number of hydrogen-bond acceptors (Lipinski definition) is 1. The molecule has 0 atom stereocenters. The van der Waals surface area contributed by atoms with Crippen molar-refractivity contribution in [2.45, 2.75) is 19.3 Å². The SMILES string of the molecule is CC1(C)c2ccccc2-c2ccc(N(c3ccc(-c4ccccc4)cc3)c3ccc(-c4cccc5c4ccc4c(-c6ccccc6)c(-c6ccccc6)n(-c6ccc7ccccc7c6)c45)cc3)cc21. The lowest BCUT2D eigenvalue weighted by atomic mass is 9.82. The fourth-order valence-electron chi connectivity index (χ4n) is 11.2. The van der Waals surface area contributed by atoms with Gasteiger partial charge in [-0.1, -0.05) is 220 Å². The molecule has 2 nitrogen and oxygen atoms in total. The van der Waals surface area contributed by atoms with E-state index in [0.717, 1.165) is 22.7 Å². The minimum Gasteiger partial charge on any atom is -0.310 e. The zero-order valence-corrected chi connectivity index (χ0v) is 38.6. The Morgan fingerprint density at radius 3 is 1.61 bits per heavy atom. The first-order chi connectivity index (χ1) is 34.0. The van der Waals surface area contributed by atoms with E-state index < -0.39 is 0 Å². The summed E-state index contributed by atoms with van der Waals surface area (Å²) in [4.78, 5) is 2.41. The first kappa shape index (κ1) is 40.5. The van der Waals surface area contributed by atoms with Gasteiger partial charge in [-0.25, -0.2) is 0 Å². The van der Waals surface area contributed by atoms with Crippen LogP contribution in [0.4, 0.5) is 17.1 Å². The van der Waals surface area contributed by atoms with Gasteiger partial charge < -0.3 is 9.47 Å². The maximum Gasteiger partial charge on any atom is 0.0620 e. The minimum absolute atomic E-state index is 0.119. The van der Waals surface area contributed by atoms with Gasteiger partial charge in [0.2, 0.25) is 0 Å². The summed E-state index contributed by atoms with van der Waals surface area (Å²) in [7, 11) is 0. The van der Waals surface area contributed by atoms with Crippen molar-refractivity contribution in [3.8, 4) is 61.5 Å². The van der Waals surface area contributed by atoms with Crippen LogP contribution < -0.4 is 4.90 Å². The zero-order chi connectivity index (χ0) is 46.1. The number of anilines is 3. The van der Waals surface area contributed by atoms with E-state index in [0.29, 0.717) is 0 Å². The van der Waals surface area contributed by atoms with E-state index >= 15 is 0 Å². The third kappa shape index (κ3) is 6.71. The van der Waals surface area contributed by atoms with Crippen molar-refractivity contribution < 1.29 is 0 Å². The molecule has 0 saturated carbocycles. The molecule has 0 bridgehead atoms. The van der Waals surface area contributed by atoms with Crippen LogP contribution in [0.25, 0.3) is 93.9 Å². The Morgan fingerprint density at radius 2 is 0.884 bits per heavy atom. The van der Waals surface area contributed by atoms with Crippen LogP contribution in [0.3, 0.4) is 0 Å². The van der Waals surface area contributed by atoms with Gasteiger partial charge >= 0.3 is 0 Å². The molecular weight excluding hydrogens is 833 g/mol. The van der Waals surface area contributed by atoms with Gasteiger partial charge in [0.15, 0.2) is 0 Å². The van der Waals surface area contributed by atoms with Crippen molar-refractivity contribution in [3.63, 3.8) is 0 Å². The summed E-state index contributed by atoms with van der Waals surface area (Å²) in [6.07, 6.45) is 0. The van der Waals surface area contributed by atoms with Crippen LogP contribution in [-0.4, -0.2) is 4.57 Å². The molecule has 0 saturated heterocycles. The van der Waals surface area contributed by atoms with E-state index in [1.807, 2.05) is 0 Å². The van der Waals surface area contributed by atoms with Gasteiger partial charge in [0.05, 0.1) is 11.2 Å². The molecule has 0 fully saturated rings. The molecule has 0 aliphatic heterocycles. The van der Waals surface area contributed by atoms with Gasteiger partial charge in [-0.2, -0.15) is 0 Å². The van der Waals surface area contributed by atoms with Crippen molar-refractivity contribution in [2.75, 3.05) is 4.90 Å². The largest absolute Gasteiger partial charge is 0.310 e. The summed E-state index contributed by atoms with van der Waals surface area (Å²) in [5.74, 6) is 0. The lowest BCUT2D eigenvalue weighted by Crippen LogP contribution is -2.16. The Balaban J connectivity index is 0.980. The third-order valence-corrected chi connectivity index (χ3v) is 14.6. The van der Waals surface area contributed by atoms with Gasteiger partial charge in [-0.05, 0) is 120 Å². The summed E-state index contributed by atoms with van der Waals surface area (Å²) in [5, 5.41) is 6.09. The second kappa shape index (κ2) is 16.3. The molecule has 0 spiro atoms. The Hall–Kier alpha value is -8.72. The van der Waals surface area contributed by atoms with E-state index in [9.17, 15) is 0 Å². The molecule has 0 unspecified atom stereocenters. The summed E-state index contributed by atoms with van der Waals surface area (Å²) in [6, 6.07) is 93.7. The number of rotatable bonds is 8. The second-order valence-electron chi connectivity index (χ2n) is 18.9. The van der Waals surface area contributed by atoms with Crippen LogP contribution >= 0.6 is 0 Å². The Kier molecular flexibility index (Phi) is 9.55. The number of aromatic nitrogens is 1. The first-order valence-corrected chi connectivity index (χ1v) is 24.0. The van der Waals surface area contributed by atoms with Gasteiger partial charge in [-0.3, -0.25) is 0 Å². The highest BCUT2D eigenvalue weighted by Crippen LogP contribution is 2.51. The molecule has 1 heterocycles. The third-order valence-electron chi connectivity index (χ3n) is 14.6. The Labute approximate surface area is 403 Å². The van der Waals surface area contributed by atoms with Crippen LogP contribution in [0.5, 0.6) is 0 Å². The molecular formula is C67H48N2. The predicted octanol–water partition coefficient (Wildman–Crippen LogP) is 18.4. The molecule has 1 aliphatic rings. The summed E-state index contributed by atoms with van der Waals surface area (Å²) < 4.78 is 2.52. The van der Waals surface area contributed by atoms with Crippen LogP contribution in [-0.2, 0) is 5.41 Å². The maximum absolute atomic E-state index is 2.52. The van der Waals surface area contributed by atoms with Crippen molar-refractivity contribution in [1.29, 1.82) is 0 Å². The number of hydrogen-bond donors (Lipinski definition) is 0. The molecule has 12 aromatic rings. The van der Waals surface area contributed by atoms with Crippen molar-refractivity contribution >= 4 is 49.5 Å². The molecule has 2 heteroatoms. The van der Waals surface area contributed by atoms with E-state index in [1.54, 1.807) is 0 Å². The smallest absolute Gasteiger partial charge is 0.0620 e. The van der Waals surface area contributed by atoms with Crippen molar-refractivity contribution in [1.82, 2.24) is 4.57 Å².